The number of ether oxygens (including phenoxy) is 1. The summed E-state index contributed by atoms with van der Waals surface area (Å²) in [5, 5.41) is 10.4. The minimum Gasteiger partial charge on any atom is -0.479 e. The van der Waals surface area contributed by atoms with Crippen LogP contribution >= 0.6 is 0 Å². The zero-order valence-corrected chi connectivity index (χ0v) is 15.2. The molecule has 0 aliphatic rings. The Balaban J connectivity index is 3.37. The van der Waals surface area contributed by atoms with Gasteiger partial charge in [-0.25, -0.2) is 18.0 Å². The number of amides is 1. The third-order valence-corrected chi connectivity index (χ3v) is 4.86. The van der Waals surface area contributed by atoms with Crippen molar-refractivity contribution in [2.24, 2.45) is 0 Å². The van der Waals surface area contributed by atoms with Gasteiger partial charge in [-0.05, 0) is 33.3 Å². The highest BCUT2D eigenvalue weighted by Gasteiger charge is 2.49. The highest BCUT2D eigenvalue weighted by Crippen LogP contribution is 2.34. The van der Waals surface area contributed by atoms with Crippen LogP contribution in [-0.4, -0.2) is 43.0 Å². The van der Waals surface area contributed by atoms with E-state index in [1.807, 2.05) is 0 Å². The molecular weight excluding hydrogens is 334 g/mol. The third-order valence-electron chi connectivity index (χ3n) is 3.26. The van der Waals surface area contributed by atoms with Crippen LogP contribution in [0.4, 0.5) is 4.79 Å². The van der Waals surface area contributed by atoms with Gasteiger partial charge in [0.25, 0.3) is 0 Å². The number of carbonyl (C=O) groups is 2. The van der Waals surface area contributed by atoms with Gasteiger partial charge in [-0.1, -0.05) is 30.3 Å². The first kappa shape index (κ1) is 20.0. The molecule has 2 atom stereocenters. The Bertz CT molecular complexity index is 708. The maximum absolute atomic E-state index is 12.3. The summed E-state index contributed by atoms with van der Waals surface area (Å²) in [6, 6.07) is 7.89. The Kier molecular flexibility index (Phi) is 5.66. The Labute approximate surface area is 141 Å². The zero-order chi connectivity index (χ0) is 18.8. The van der Waals surface area contributed by atoms with E-state index in [0.717, 1.165) is 13.2 Å². The van der Waals surface area contributed by atoms with E-state index in [1.54, 1.807) is 39.0 Å². The van der Waals surface area contributed by atoms with Crippen LogP contribution in [0.15, 0.2) is 30.3 Å². The normalized spacial score (nSPS) is 15.9. The lowest BCUT2D eigenvalue weighted by Gasteiger charge is -2.34. The van der Waals surface area contributed by atoms with Gasteiger partial charge in [0.05, 0.1) is 0 Å². The average molecular weight is 357 g/mol. The standard InChI is InChI=1S/C16H23NO6S/c1-15(2,3)23-14(20)17-16(4,13(18)19)12(24(5,21)22)11-9-7-6-8-10-11/h6-10,12H,1-5H3,(H,17,20)(H,18,19)/t12-,16+/m0/s1. The summed E-state index contributed by atoms with van der Waals surface area (Å²) in [5.74, 6) is -1.48. The van der Waals surface area contributed by atoms with E-state index >= 15 is 0 Å². The highest BCUT2D eigenvalue weighted by molar-refractivity contribution is 7.91. The van der Waals surface area contributed by atoms with Crippen molar-refractivity contribution in [2.75, 3.05) is 6.26 Å². The summed E-state index contributed by atoms with van der Waals surface area (Å²) in [4.78, 5) is 23.9. The van der Waals surface area contributed by atoms with Crippen molar-refractivity contribution in [2.45, 2.75) is 44.1 Å². The number of sulfone groups is 1. The topological polar surface area (TPSA) is 110 Å². The maximum Gasteiger partial charge on any atom is 0.408 e. The van der Waals surface area contributed by atoms with E-state index < -0.39 is 38.3 Å². The quantitative estimate of drug-likeness (QED) is 0.835. The van der Waals surface area contributed by atoms with Gasteiger partial charge in [-0.15, -0.1) is 0 Å². The van der Waals surface area contributed by atoms with Crippen LogP contribution in [0.5, 0.6) is 0 Å². The minimum atomic E-state index is -3.86. The van der Waals surface area contributed by atoms with Crippen LogP contribution in [0, 0.1) is 0 Å². The molecule has 0 heterocycles. The number of nitrogens with one attached hydrogen (secondary N) is 1. The first-order chi connectivity index (χ1) is 10.8. The Morgan fingerprint density at radius 2 is 1.62 bits per heavy atom. The number of hydrogen-bond acceptors (Lipinski definition) is 5. The molecule has 134 valence electrons. The van der Waals surface area contributed by atoms with E-state index in [2.05, 4.69) is 5.32 Å². The molecule has 0 bridgehead atoms. The molecule has 0 aliphatic heterocycles. The molecule has 0 saturated carbocycles. The molecule has 0 aromatic heterocycles. The monoisotopic (exact) mass is 357 g/mol. The zero-order valence-electron chi connectivity index (χ0n) is 14.4. The summed E-state index contributed by atoms with van der Waals surface area (Å²) >= 11 is 0. The molecule has 7 nitrogen and oxygen atoms in total. The van der Waals surface area contributed by atoms with E-state index in [1.165, 1.54) is 12.1 Å². The molecule has 0 fully saturated rings. The summed E-state index contributed by atoms with van der Waals surface area (Å²) in [6.45, 7) is 6.01. The molecule has 24 heavy (non-hydrogen) atoms. The van der Waals surface area contributed by atoms with Crippen LogP contribution in [0.3, 0.4) is 0 Å². The fourth-order valence-electron chi connectivity index (χ4n) is 2.38. The number of carboxylic acid groups (broad SMARTS) is 1. The molecule has 8 heteroatoms. The lowest BCUT2D eigenvalue weighted by atomic mass is 9.92. The molecular formula is C16H23NO6S. The van der Waals surface area contributed by atoms with Crippen molar-refractivity contribution in [3.05, 3.63) is 35.9 Å². The van der Waals surface area contributed by atoms with E-state index in [0.29, 0.717) is 0 Å². The second-order valence-electron chi connectivity index (χ2n) is 6.75. The van der Waals surface area contributed by atoms with Gasteiger partial charge >= 0.3 is 12.1 Å². The SMILES string of the molecule is CC(C)(C)OC(=O)N[C@@](C)(C(=O)O)[C@H](c1ccccc1)S(C)(=O)=O. The van der Waals surface area contributed by atoms with Crippen LogP contribution in [-0.2, 0) is 19.4 Å². The van der Waals surface area contributed by atoms with Gasteiger partial charge in [0.15, 0.2) is 15.4 Å². The van der Waals surface area contributed by atoms with Gasteiger partial charge < -0.3 is 15.2 Å². The smallest absolute Gasteiger partial charge is 0.408 e. The highest BCUT2D eigenvalue weighted by atomic mass is 32.2. The summed E-state index contributed by atoms with van der Waals surface area (Å²) in [7, 11) is -3.86. The fourth-order valence-corrected chi connectivity index (χ4v) is 4.05. The summed E-state index contributed by atoms with van der Waals surface area (Å²) < 4.78 is 29.7. The number of carbonyl (C=O) groups excluding carboxylic acids is 1. The molecule has 0 aliphatic carbocycles. The Hall–Kier alpha value is -2.09. The van der Waals surface area contributed by atoms with Crippen molar-refractivity contribution in [3.63, 3.8) is 0 Å². The predicted octanol–water partition coefficient (Wildman–Crippen LogP) is 2.14. The number of aliphatic carboxylic acids is 1. The third kappa shape index (κ3) is 4.95. The van der Waals surface area contributed by atoms with Crippen LogP contribution in [0.1, 0.15) is 38.5 Å². The lowest BCUT2D eigenvalue weighted by molar-refractivity contribution is -0.144. The second-order valence-corrected chi connectivity index (χ2v) is 8.89. The molecule has 1 amide bonds. The van der Waals surface area contributed by atoms with Crippen molar-refractivity contribution in [3.8, 4) is 0 Å². The number of benzene rings is 1. The lowest BCUT2D eigenvalue weighted by Crippen LogP contribution is -2.58. The van der Waals surface area contributed by atoms with Crippen molar-refractivity contribution < 1.29 is 27.9 Å². The molecule has 1 aromatic rings. The van der Waals surface area contributed by atoms with E-state index in [9.17, 15) is 23.1 Å². The Morgan fingerprint density at radius 1 is 1.12 bits per heavy atom. The predicted molar refractivity (Wildman–Crippen MR) is 89.4 cm³/mol. The van der Waals surface area contributed by atoms with Crippen LogP contribution in [0.2, 0.25) is 0 Å². The number of rotatable bonds is 5. The largest absolute Gasteiger partial charge is 0.479 e. The van der Waals surface area contributed by atoms with Crippen LogP contribution in [0.25, 0.3) is 0 Å². The first-order valence-electron chi connectivity index (χ1n) is 7.26. The van der Waals surface area contributed by atoms with Gasteiger partial charge in [-0.3, -0.25) is 0 Å². The van der Waals surface area contributed by atoms with Gasteiger partial charge in [0, 0.05) is 6.26 Å². The van der Waals surface area contributed by atoms with Crippen molar-refractivity contribution in [1.82, 2.24) is 5.32 Å². The fraction of sp³-hybridized carbons (Fsp3) is 0.500. The number of hydrogen-bond donors (Lipinski definition) is 2. The molecule has 1 rings (SSSR count). The average Bonchev–Trinajstić information content (AvgIpc) is 2.35. The molecule has 0 unspecified atom stereocenters. The van der Waals surface area contributed by atoms with E-state index in [4.69, 9.17) is 4.74 Å². The second kappa shape index (κ2) is 6.80. The molecule has 0 radical (unpaired) electrons. The molecule has 0 saturated heterocycles. The number of carboxylic acids is 1. The maximum atomic E-state index is 12.3. The minimum absolute atomic E-state index is 0.265. The molecule has 2 N–H and O–H groups in total. The molecule has 1 aromatic carbocycles. The molecule has 0 spiro atoms. The number of alkyl carbamates (subject to hydrolysis) is 1. The van der Waals surface area contributed by atoms with Crippen molar-refractivity contribution >= 4 is 21.9 Å². The summed E-state index contributed by atoms with van der Waals surface area (Å²) in [5.41, 5.74) is -2.69. The van der Waals surface area contributed by atoms with Crippen molar-refractivity contribution in [1.29, 1.82) is 0 Å². The van der Waals surface area contributed by atoms with Crippen LogP contribution < -0.4 is 5.32 Å². The van der Waals surface area contributed by atoms with E-state index in [-0.39, 0.29) is 5.56 Å². The van der Waals surface area contributed by atoms with Gasteiger partial charge in [0.2, 0.25) is 0 Å². The van der Waals surface area contributed by atoms with Gasteiger partial charge in [0.1, 0.15) is 10.9 Å². The Morgan fingerprint density at radius 3 is 2.00 bits per heavy atom. The summed E-state index contributed by atoms with van der Waals surface area (Å²) in [6.07, 6.45) is -0.0696. The first-order valence-corrected chi connectivity index (χ1v) is 9.21. The van der Waals surface area contributed by atoms with Gasteiger partial charge in [-0.2, -0.15) is 0 Å².